The highest BCUT2D eigenvalue weighted by Gasteiger charge is 2.42. The van der Waals surface area contributed by atoms with E-state index < -0.39 is 17.7 Å². The van der Waals surface area contributed by atoms with Crippen LogP contribution < -0.4 is 9.64 Å². The van der Waals surface area contributed by atoms with Crippen molar-refractivity contribution in [2.24, 2.45) is 0 Å². The molecule has 5 rings (SSSR count). The first-order chi connectivity index (χ1) is 16.0. The van der Waals surface area contributed by atoms with Crippen LogP contribution in [0.15, 0.2) is 84.1 Å². The zero-order chi connectivity index (χ0) is 22.9. The summed E-state index contributed by atoms with van der Waals surface area (Å²) in [6, 6.07) is 19.0. The van der Waals surface area contributed by atoms with Gasteiger partial charge in [0.25, 0.3) is 0 Å². The van der Waals surface area contributed by atoms with E-state index in [0.717, 1.165) is 5.56 Å². The summed E-state index contributed by atoms with van der Waals surface area (Å²) in [4.78, 5) is 27.0. The average molecular weight is 447 g/mol. The summed E-state index contributed by atoms with van der Waals surface area (Å²) in [5.74, 6) is -1.33. The molecule has 0 saturated carbocycles. The molecule has 2 aliphatic heterocycles. The first kappa shape index (κ1) is 20.9. The highest BCUT2D eigenvalue weighted by atomic mass is 19.1. The molecule has 3 aromatic rings. The van der Waals surface area contributed by atoms with E-state index in [1.165, 1.54) is 35.2 Å². The molecule has 33 heavy (non-hydrogen) atoms. The molecule has 1 unspecified atom stereocenters. The number of ether oxygens (including phenoxy) is 2. The molecule has 1 atom stereocenters. The van der Waals surface area contributed by atoms with Crippen molar-refractivity contribution in [2.75, 3.05) is 11.5 Å². The largest absolute Gasteiger partial charge is 0.489 e. The summed E-state index contributed by atoms with van der Waals surface area (Å²) in [5, 5.41) is 0. The topological polar surface area (TPSA) is 55.8 Å². The van der Waals surface area contributed by atoms with E-state index >= 15 is 0 Å². The molecule has 0 spiro atoms. The van der Waals surface area contributed by atoms with Crippen LogP contribution in [0.3, 0.4) is 0 Å². The van der Waals surface area contributed by atoms with Gasteiger partial charge in [0.15, 0.2) is 0 Å². The van der Waals surface area contributed by atoms with E-state index in [1.54, 1.807) is 42.5 Å². The van der Waals surface area contributed by atoms with E-state index in [9.17, 15) is 18.4 Å². The minimum Gasteiger partial charge on any atom is -0.489 e. The fraction of sp³-hybridized carbons (Fsp3) is 0.154. The Hall–Kier alpha value is -4.00. The molecule has 0 radical (unpaired) electrons. The molecule has 1 amide bonds. The highest BCUT2D eigenvalue weighted by molar-refractivity contribution is 6.06. The molecule has 0 saturated heterocycles. The fourth-order valence-electron chi connectivity index (χ4n) is 4.20. The molecular weight excluding hydrogens is 428 g/mol. The number of esters is 1. The number of cyclic esters (lactones) is 1. The van der Waals surface area contributed by atoms with Crippen molar-refractivity contribution in [3.8, 4) is 5.75 Å². The Morgan fingerprint density at radius 3 is 2.39 bits per heavy atom. The summed E-state index contributed by atoms with van der Waals surface area (Å²) in [5.41, 5.74) is 2.62. The van der Waals surface area contributed by atoms with Crippen LogP contribution >= 0.6 is 0 Å². The average Bonchev–Trinajstić information content (AvgIpc) is 3.20. The van der Waals surface area contributed by atoms with Crippen LogP contribution in [0.1, 0.15) is 23.5 Å². The number of rotatable bonds is 5. The molecule has 7 heteroatoms. The SMILES string of the molecule is O=C1OCC2=C1C(c1ccc(OCc3ccccc3F)cc1)CC(=O)N2c1ccc(F)cc1. The minimum atomic E-state index is -0.463. The lowest BCUT2D eigenvalue weighted by molar-refractivity contribution is -0.136. The van der Waals surface area contributed by atoms with Gasteiger partial charge in [-0.15, -0.1) is 0 Å². The Bertz CT molecular complexity index is 1250. The molecule has 0 aromatic heterocycles. The van der Waals surface area contributed by atoms with Gasteiger partial charge in [-0.2, -0.15) is 0 Å². The number of carbonyl (C=O) groups excluding carboxylic acids is 2. The molecule has 0 N–H and O–H groups in total. The normalized spacial score (nSPS) is 17.8. The highest BCUT2D eigenvalue weighted by Crippen LogP contribution is 2.42. The van der Waals surface area contributed by atoms with Crippen molar-refractivity contribution in [1.82, 2.24) is 0 Å². The second kappa shape index (κ2) is 8.50. The summed E-state index contributed by atoms with van der Waals surface area (Å²) in [7, 11) is 0. The molecule has 3 aromatic carbocycles. The van der Waals surface area contributed by atoms with Crippen molar-refractivity contribution in [1.29, 1.82) is 0 Å². The van der Waals surface area contributed by atoms with Gasteiger partial charge >= 0.3 is 5.97 Å². The van der Waals surface area contributed by atoms with E-state index in [-0.39, 0.29) is 31.4 Å². The van der Waals surface area contributed by atoms with Crippen LogP contribution in [0.5, 0.6) is 5.75 Å². The first-order valence-corrected chi connectivity index (χ1v) is 10.5. The van der Waals surface area contributed by atoms with Gasteiger partial charge in [0.2, 0.25) is 5.91 Å². The zero-order valence-corrected chi connectivity index (χ0v) is 17.5. The molecule has 166 valence electrons. The first-order valence-electron chi connectivity index (χ1n) is 10.5. The molecule has 0 bridgehead atoms. The molecule has 5 nitrogen and oxygen atoms in total. The van der Waals surface area contributed by atoms with E-state index in [4.69, 9.17) is 9.47 Å². The Labute approximate surface area is 188 Å². The lowest BCUT2D eigenvalue weighted by atomic mass is 9.84. The zero-order valence-electron chi connectivity index (χ0n) is 17.5. The Balaban J connectivity index is 1.40. The van der Waals surface area contributed by atoms with Crippen molar-refractivity contribution >= 4 is 17.6 Å². The number of anilines is 1. The van der Waals surface area contributed by atoms with Crippen molar-refractivity contribution in [2.45, 2.75) is 18.9 Å². The van der Waals surface area contributed by atoms with Crippen LogP contribution in [0, 0.1) is 11.6 Å². The van der Waals surface area contributed by atoms with Crippen molar-refractivity contribution in [3.05, 3.63) is 107 Å². The number of hydrogen-bond donors (Lipinski definition) is 0. The maximum Gasteiger partial charge on any atom is 0.336 e. The predicted molar refractivity (Wildman–Crippen MR) is 116 cm³/mol. The quantitative estimate of drug-likeness (QED) is 0.524. The summed E-state index contributed by atoms with van der Waals surface area (Å²) >= 11 is 0. The molecular formula is C26H19F2NO4. The maximum absolute atomic E-state index is 13.8. The van der Waals surface area contributed by atoms with Gasteiger partial charge in [0.05, 0.1) is 11.3 Å². The number of hydrogen-bond acceptors (Lipinski definition) is 4. The summed E-state index contributed by atoms with van der Waals surface area (Å²) < 4.78 is 38.1. The number of benzene rings is 3. The van der Waals surface area contributed by atoms with Crippen LogP contribution in [0.25, 0.3) is 0 Å². The van der Waals surface area contributed by atoms with E-state index in [2.05, 4.69) is 0 Å². The molecule has 0 fully saturated rings. The van der Waals surface area contributed by atoms with E-state index in [0.29, 0.717) is 28.3 Å². The van der Waals surface area contributed by atoms with Gasteiger partial charge in [-0.1, -0.05) is 30.3 Å². The van der Waals surface area contributed by atoms with Gasteiger partial charge in [-0.05, 0) is 48.0 Å². The monoisotopic (exact) mass is 447 g/mol. The predicted octanol–water partition coefficient (Wildman–Crippen LogP) is 4.88. The standard InChI is InChI=1S/C26H19F2NO4/c27-18-7-9-19(10-8-18)29-23-15-33-26(31)25(23)21(13-24(29)30)16-5-11-20(12-6-16)32-14-17-3-1-2-4-22(17)28/h1-12,21H,13-15H2. The van der Waals surface area contributed by atoms with Gasteiger partial charge < -0.3 is 9.47 Å². The second-order valence-electron chi connectivity index (χ2n) is 7.85. The van der Waals surface area contributed by atoms with Gasteiger partial charge in [0, 0.05) is 23.6 Å². The van der Waals surface area contributed by atoms with E-state index in [1.807, 2.05) is 0 Å². The van der Waals surface area contributed by atoms with Crippen LogP contribution in [0.4, 0.5) is 14.5 Å². The fourth-order valence-corrected chi connectivity index (χ4v) is 4.20. The summed E-state index contributed by atoms with van der Waals surface area (Å²) in [6.45, 7) is 0.0693. The molecule has 2 heterocycles. The smallest absolute Gasteiger partial charge is 0.336 e. The van der Waals surface area contributed by atoms with Gasteiger partial charge in [-0.25, -0.2) is 13.6 Å². The third-order valence-corrected chi connectivity index (χ3v) is 5.84. The molecule has 0 aliphatic carbocycles. The maximum atomic E-state index is 13.8. The van der Waals surface area contributed by atoms with Gasteiger partial charge in [-0.3, -0.25) is 9.69 Å². The second-order valence-corrected chi connectivity index (χ2v) is 7.85. The van der Waals surface area contributed by atoms with Crippen LogP contribution in [0.2, 0.25) is 0 Å². The number of amides is 1. The molecule has 2 aliphatic rings. The van der Waals surface area contributed by atoms with Crippen molar-refractivity contribution < 1.29 is 27.8 Å². The third-order valence-electron chi connectivity index (χ3n) is 5.84. The summed E-state index contributed by atoms with van der Waals surface area (Å²) in [6.07, 6.45) is 0.0702. The lowest BCUT2D eigenvalue weighted by Gasteiger charge is -2.31. The third kappa shape index (κ3) is 3.98. The minimum absolute atomic E-state index is 0.0163. The van der Waals surface area contributed by atoms with Crippen molar-refractivity contribution in [3.63, 3.8) is 0 Å². The van der Waals surface area contributed by atoms with Crippen LogP contribution in [-0.2, 0) is 20.9 Å². The Morgan fingerprint density at radius 2 is 1.67 bits per heavy atom. The number of carbonyl (C=O) groups is 2. The number of halogens is 2. The number of nitrogens with zero attached hydrogens (tertiary/aromatic N) is 1. The Morgan fingerprint density at radius 1 is 0.939 bits per heavy atom. The Kier molecular flexibility index (Phi) is 5.38. The van der Waals surface area contributed by atoms with Crippen LogP contribution in [-0.4, -0.2) is 18.5 Å². The lowest BCUT2D eigenvalue weighted by Crippen LogP contribution is -2.37. The van der Waals surface area contributed by atoms with Gasteiger partial charge in [0.1, 0.15) is 30.6 Å².